The molecule has 0 saturated carbocycles. The van der Waals surface area contributed by atoms with Crippen molar-refractivity contribution in [1.29, 1.82) is 0 Å². The lowest BCUT2D eigenvalue weighted by Crippen LogP contribution is -2.58. The van der Waals surface area contributed by atoms with Crippen molar-refractivity contribution in [2.75, 3.05) is 33.0 Å². The van der Waals surface area contributed by atoms with E-state index in [4.69, 9.17) is 14.2 Å². The fraction of sp³-hybridized carbons (Fsp3) is 0.400. The van der Waals surface area contributed by atoms with Gasteiger partial charge >= 0.3 is 12.1 Å². The number of rotatable bonds is 5. The molecule has 0 spiro atoms. The van der Waals surface area contributed by atoms with Gasteiger partial charge in [0.25, 0.3) is 5.91 Å². The number of fused-ring (bicyclic) bond motifs is 3. The zero-order valence-electron chi connectivity index (χ0n) is 18.5. The Morgan fingerprint density at radius 2 is 1.71 bits per heavy atom. The molecule has 9 nitrogen and oxygen atoms in total. The summed E-state index contributed by atoms with van der Waals surface area (Å²) in [6, 6.07) is 14.5. The van der Waals surface area contributed by atoms with Crippen molar-refractivity contribution in [1.82, 2.24) is 10.2 Å². The second kappa shape index (κ2) is 9.44. The molecule has 0 aromatic heterocycles. The van der Waals surface area contributed by atoms with Crippen molar-refractivity contribution in [3.8, 4) is 11.1 Å². The SMILES string of the molecule is O=C(N[C@@H]1CCO[C@@H]1C(=O)N1CCOCC1C(=O)O)OCC1c2ccccc2-c2ccccc21. The van der Waals surface area contributed by atoms with Gasteiger partial charge < -0.3 is 29.5 Å². The maximum atomic E-state index is 13.0. The van der Waals surface area contributed by atoms with E-state index in [0.29, 0.717) is 6.42 Å². The van der Waals surface area contributed by atoms with E-state index in [-0.39, 0.29) is 38.9 Å². The van der Waals surface area contributed by atoms with Crippen LogP contribution in [0.1, 0.15) is 23.5 Å². The Balaban J connectivity index is 1.23. The number of carbonyl (C=O) groups is 3. The number of morpholine rings is 1. The van der Waals surface area contributed by atoms with E-state index < -0.39 is 36.2 Å². The number of ether oxygens (including phenoxy) is 3. The van der Waals surface area contributed by atoms with Gasteiger partial charge in [0.15, 0.2) is 12.1 Å². The highest BCUT2D eigenvalue weighted by molar-refractivity contribution is 5.88. The largest absolute Gasteiger partial charge is 0.480 e. The lowest BCUT2D eigenvalue weighted by atomic mass is 9.98. The number of hydrogen-bond acceptors (Lipinski definition) is 6. The molecule has 178 valence electrons. The lowest BCUT2D eigenvalue weighted by Gasteiger charge is -2.35. The van der Waals surface area contributed by atoms with Crippen LogP contribution < -0.4 is 5.32 Å². The second-order valence-electron chi connectivity index (χ2n) is 8.62. The van der Waals surface area contributed by atoms with Crippen LogP contribution in [-0.2, 0) is 23.8 Å². The Kier molecular flexibility index (Phi) is 6.21. The van der Waals surface area contributed by atoms with Gasteiger partial charge in [0.2, 0.25) is 0 Å². The van der Waals surface area contributed by atoms with Gasteiger partial charge in [-0.2, -0.15) is 0 Å². The van der Waals surface area contributed by atoms with Gasteiger partial charge in [-0.3, -0.25) is 4.79 Å². The molecule has 3 atom stereocenters. The fourth-order valence-corrected chi connectivity index (χ4v) is 5.01. The summed E-state index contributed by atoms with van der Waals surface area (Å²) in [4.78, 5) is 38.5. The van der Waals surface area contributed by atoms with E-state index in [0.717, 1.165) is 22.3 Å². The molecule has 2 heterocycles. The monoisotopic (exact) mass is 466 g/mol. The van der Waals surface area contributed by atoms with Crippen molar-refractivity contribution in [3.05, 3.63) is 59.7 Å². The molecule has 9 heteroatoms. The summed E-state index contributed by atoms with van der Waals surface area (Å²) >= 11 is 0. The summed E-state index contributed by atoms with van der Waals surface area (Å²) < 4.78 is 16.4. The van der Waals surface area contributed by atoms with E-state index in [1.807, 2.05) is 36.4 Å². The molecule has 2 aliphatic heterocycles. The first kappa shape index (κ1) is 22.4. The van der Waals surface area contributed by atoms with Crippen LogP contribution in [0.3, 0.4) is 0 Å². The third-order valence-electron chi connectivity index (χ3n) is 6.68. The van der Waals surface area contributed by atoms with Crippen LogP contribution in [0.5, 0.6) is 0 Å². The Labute approximate surface area is 196 Å². The van der Waals surface area contributed by atoms with Gasteiger partial charge in [0.1, 0.15) is 6.61 Å². The molecule has 5 rings (SSSR count). The van der Waals surface area contributed by atoms with E-state index in [1.165, 1.54) is 4.90 Å². The summed E-state index contributed by atoms with van der Waals surface area (Å²) in [7, 11) is 0. The van der Waals surface area contributed by atoms with Crippen LogP contribution in [0, 0.1) is 0 Å². The number of nitrogens with one attached hydrogen (secondary N) is 1. The number of benzene rings is 2. The molecule has 34 heavy (non-hydrogen) atoms. The fourth-order valence-electron chi connectivity index (χ4n) is 5.01. The van der Waals surface area contributed by atoms with E-state index >= 15 is 0 Å². The highest BCUT2D eigenvalue weighted by Crippen LogP contribution is 2.44. The highest BCUT2D eigenvalue weighted by Gasteiger charge is 2.42. The first-order valence-electron chi connectivity index (χ1n) is 11.4. The summed E-state index contributed by atoms with van der Waals surface area (Å²) in [6.45, 7) is 0.793. The van der Waals surface area contributed by atoms with Crippen LogP contribution in [0.15, 0.2) is 48.5 Å². The molecule has 2 saturated heterocycles. The molecule has 2 N–H and O–H groups in total. The molecule has 2 fully saturated rings. The smallest absolute Gasteiger partial charge is 0.407 e. The molecule has 0 bridgehead atoms. The molecule has 2 aromatic carbocycles. The normalized spacial score (nSPS) is 23.8. The Morgan fingerprint density at radius 1 is 1.03 bits per heavy atom. The lowest BCUT2D eigenvalue weighted by molar-refractivity contribution is -0.163. The summed E-state index contributed by atoms with van der Waals surface area (Å²) in [6.07, 6.45) is -1.16. The predicted molar refractivity (Wildman–Crippen MR) is 120 cm³/mol. The average Bonchev–Trinajstić information content (AvgIpc) is 3.44. The average molecular weight is 466 g/mol. The third-order valence-corrected chi connectivity index (χ3v) is 6.68. The van der Waals surface area contributed by atoms with Crippen molar-refractivity contribution in [2.45, 2.75) is 30.5 Å². The van der Waals surface area contributed by atoms with Gasteiger partial charge in [0.05, 0.1) is 19.3 Å². The molecule has 3 aliphatic rings. The number of aliphatic carboxylic acids is 1. The van der Waals surface area contributed by atoms with Crippen molar-refractivity contribution in [2.24, 2.45) is 0 Å². The molecule has 1 unspecified atom stereocenters. The number of carboxylic acid groups (broad SMARTS) is 1. The van der Waals surface area contributed by atoms with Crippen molar-refractivity contribution in [3.63, 3.8) is 0 Å². The molecule has 0 radical (unpaired) electrons. The van der Waals surface area contributed by atoms with Crippen molar-refractivity contribution < 1.29 is 33.7 Å². The topological polar surface area (TPSA) is 114 Å². The predicted octanol–water partition coefficient (Wildman–Crippen LogP) is 1.99. The first-order valence-corrected chi connectivity index (χ1v) is 11.4. The van der Waals surface area contributed by atoms with Gasteiger partial charge in [0, 0.05) is 19.1 Å². The molecular formula is C25H26N2O7. The van der Waals surface area contributed by atoms with Gasteiger partial charge in [-0.15, -0.1) is 0 Å². The van der Waals surface area contributed by atoms with Crippen LogP contribution in [0.2, 0.25) is 0 Å². The third kappa shape index (κ3) is 4.12. The quantitative estimate of drug-likeness (QED) is 0.693. The minimum Gasteiger partial charge on any atom is -0.480 e. The van der Waals surface area contributed by atoms with E-state index in [2.05, 4.69) is 17.4 Å². The van der Waals surface area contributed by atoms with E-state index in [1.54, 1.807) is 0 Å². The summed E-state index contributed by atoms with van der Waals surface area (Å²) in [5, 5.41) is 12.2. The van der Waals surface area contributed by atoms with Gasteiger partial charge in [-0.25, -0.2) is 9.59 Å². The van der Waals surface area contributed by atoms with E-state index in [9.17, 15) is 19.5 Å². The maximum Gasteiger partial charge on any atom is 0.407 e. The number of hydrogen-bond donors (Lipinski definition) is 2. The number of carbonyl (C=O) groups excluding carboxylic acids is 2. The highest BCUT2D eigenvalue weighted by atomic mass is 16.6. The molecule has 1 aliphatic carbocycles. The number of amides is 2. The Morgan fingerprint density at radius 3 is 2.38 bits per heavy atom. The minimum absolute atomic E-state index is 0.0694. The summed E-state index contributed by atoms with van der Waals surface area (Å²) in [5.41, 5.74) is 4.50. The minimum atomic E-state index is -1.13. The zero-order valence-corrected chi connectivity index (χ0v) is 18.5. The van der Waals surface area contributed by atoms with Crippen molar-refractivity contribution >= 4 is 18.0 Å². The van der Waals surface area contributed by atoms with Gasteiger partial charge in [-0.1, -0.05) is 48.5 Å². The zero-order chi connectivity index (χ0) is 23.7. The van der Waals surface area contributed by atoms with Crippen LogP contribution in [0.25, 0.3) is 11.1 Å². The molecular weight excluding hydrogens is 440 g/mol. The first-order chi connectivity index (χ1) is 16.5. The van der Waals surface area contributed by atoms with Crippen LogP contribution >= 0.6 is 0 Å². The van der Waals surface area contributed by atoms with Gasteiger partial charge in [-0.05, 0) is 28.7 Å². The second-order valence-corrected chi connectivity index (χ2v) is 8.62. The number of carboxylic acids is 1. The van der Waals surface area contributed by atoms with Crippen LogP contribution in [0.4, 0.5) is 4.79 Å². The Hall–Kier alpha value is -3.43. The maximum absolute atomic E-state index is 13.0. The number of alkyl carbamates (subject to hydrolysis) is 1. The van der Waals surface area contributed by atoms with Crippen LogP contribution in [-0.4, -0.2) is 79.1 Å². The molecule has 2 aromatic rings. The number of nitrogens with zero attached hydrogens (tertiary/aromatic N) is 1. The summed E-state index contributed by atoms with van der Waals surface area (Å²) in [5.74, 6) is -1.66. The molecule has 2 amide bonds. The Bertz CT molecular complexity index is 1060. The standard InChI is InChI=1S/C25H26N2O7/c28-23(27-10-12-32-14-21(27)24(29)30)22-20(9-11-33-22)26-25(31)34-13-19-17-7-3-1-5-15(17)16-6-2-4-8-18(16)19/h1-8,19-22H,9-14H2,(H,26,31)(H,29,30)/t20-,21?,22+/m1/s1.